The summed E-state index contributed by atoms with van der Waals surface area (Å²) in [6.45, 7) is 4.06. The standard InChI is InChI=1S/C28H29NO3/c1-3-23-25(30)28(26(32-23)22-17-11-6-12-18-22)24(21-15-9-5-10-16-21)29(27(28)31)19(2)20-13-7-4-8-14-20/h4-19,23-26,30H,3H2,1-2H3/t19-,23+,24+,25+,26+,28+/m0/s1. The Morgan fingerprint density at radius 2 is 1.44 bits per heavy atom. The Hall–Kier alpha value is -2.95. The molecule has 5 rings (SSSR count). The van der Waals surface area contributed by atoms with E-state index in [0.717, 1.165) is 16.7 Å². The fourth-order valence-corrected chi connectivity index (χ4v) is 5.66. The van der Waals surface area contributed by atoms with E-state index in [2.05, 4.69) is 31.2 Å². The second kappa shape index (κ2) is 8.19. The van der Waals surface area contributed by atoms with E-state index in [0.29, 0.717) is 6.42 Å². The van der Waals surface area contributed by atoms with E-state index in [4.69, 9.17) is 4.74 Å². The van der Waals surface area contributed by atoms with Gasteiger partial charge in [-0.3, -0.25) is 4.79 Å². The molecule has 3 aromatic rings. The van der Waals surface area contributed by atoms with Crippen LogP contribution >= 0.6 is 0 Å². The zero-order chi connectivity index (χ0) is 22.3. The summed E-state index contributed by atoms with van der Waals surface area (Å²) in [4.78, 5) is 16.1. The van der Waals surface area contributed by atoms with Crippen LogP contribution in [0, 0.1) is 5.41 Å². The minimum absolute atomic E-state index is 0.0417. The smallest absolute Gasteiger partial charge is 0.238 e. The van der Waals surface area contributed by atoms with Gasteiger partial charge in [-0.15, -0.1) is 0 Å². The molecule has 4 heteroatoms. The van der Waals surface area contributed by atoms with Crippen LogP contribution in [0.1, 0.15) is 55.1 Å². The molecule has 4 nitrogen and oxygen atoms in total. The molecular weight excluding hydrogens is 398 g/mol. The van der Waals surface area contributed by atoms with Crippen LogP contribution < -0.4 is 0 Å². The number of amides is 1. The average molecular weight is 428 g/mol. The van der Waals surface area contributed by atoms with Crippen molar-refractivity contribution in [2.45, 2.75) is 50.7 Å². The van der Waals surface area contributed by atoms with Crippen LogP contribution in [-0.2, 0) is 9.53 Å². The number of carbonyl (C=O) groups excluding carboxylic acids is 1. The van der Waals surface area contributed by atoms with E-state index in [-0.39, 0.29) is 24.1 Å². The molecule has 2 saturated heterocycles. The third kappa shape index (κ3) is 2.94. The number of hydrogen-bond acceptors (Lipinski definition) is 3. The molecule has 2 heterocycles. The zero-order valence-corrected chi connectivity index (χ0v) is 18.5. The van der Waals surface area contributed by atoms with Gasteiger partial charge in [0.2, 0.25) is 5.91 Å². The Kier molecular flexibility index (Phi) is 5.36. The molecule has 164 valence electrons. The lowest BCUT2D eigenvalue weighted by atomic mass is 9.59. The summed E-state index contributed by atoms with van der Waals surface area (Å²) in [5, 5.41) is 11.6. The molecule has 0 unspecified atom stereocenters. The van der Waals surface area contributed by atoms with Crippen molar-refractivity contribution in [1.82, 2.24) is 4.90 Å². The van der Waals surface area contributed by atoms with Crippen molar-refractivity contribution in [2.24, 2.45) is 5.41 Å². The molecule has 0 radical (unpaired) electrons. The Labute approximate surface area is 189 Å². The number of hydrogen-bond donors (Lipinski definition) is 1. The number of rotatable bonds is 5. The molecule has 2 aliphatic heterocycles. The number of aliphatic hydroxyl groups is 1. The molecule has 3 aromatic carbocycles. The average Bonchev–Trinajstić information content (AvgIpc) is 3.17. The first-order chi connectivity index (χ1) is 15.6. The first-order valence-corrected chi connectivity index (χ1v) is 11.4. The van der Waals surface area contributed by atoms with Crippen LogP contribution in [0.15, 0.2) is 91.0 Å². The van der Waals surface area contributed by atoms with Crippen molar-refractivity contribution in [3.8, 4) is 0 Å². The number of aliphatic hydroxyl groups excluding tert-OH is 1. The highest BCUT2D eigenvalue weighted by Crippen LogP contribution is 2.66. The van der Waals surface area contributed by atoms with Crippen molar-refractivity contribution >= 4 is 5.91 Å². The third-order valence-corrected chi connectivity index (χ3v) is 7.24. The maximum atomic E-state index is 14.1. The topological polar surface area (TPSA) is 49.8 Å². The van der Waals surface area contributed by atoms with Gasteiger partial charge in [-0.2, -0.15) is 0 Å². The number of ether oxygens (including phenoxy) is 1. The van der Waals surface area contributed by atoms with Crippen LogP contribution in [0.3, 0.4) is 0 Å². The van der Waals surface area contributed by atoms with Gasteiger partial charge in [-0.1, -0.05) is 97.9 Å². The van der Waals surface area contributed by atoms with Gasteiger partial charge in [0, 0.05) is 0 Å². The summed E-state index contributed by atoms with van der Waals surface area (Å²) in [5.41, 5.74) is 1.99. The zero-order valence-electron chi connectivity index (χ0n) is 18.5. The van der Waals surface area contributed by atoms with Crippen molar-refractivity contribution in [3.63, 3.8) is 0 Å². The van der Waals surface area contributed by atoms with E-state index in [9.17, 15) is 9.90 Å². The molecule has 1 amide bonds. The van der Waals surface area contributed by atoms with Gasteiger partial charge >= 0.3 is 0 Å². The summed E-state index contributed by atoms with van der Waals surface area (Å²) >= 11 is 0. The number of benzene rings is 3. The fourth-order valence-electron chi connectivity index (χ4n) is 5.66. The maximum Gasteiger partial charge on any atom is 0.238 e. The summed E-state index contributed by atoms with van der Waals surface area (Å²) in [6.07, 6.45) is -1.12. The fraction of sp³-hybridized carbons (Fsp3) is 0.321. The van der Waals surface area contributed by atoms with E-state index < -0.39 is 17.6 Å². The van der Waals surface area contributed by atoms with Gasteiger partial charge in [0.25, 0.3) is 0 Å². The Balaban J connectivity index is 1.66. The van der Waals surface area contributed by atoms with Gasteiger partial charge < -0.3 is 14.7 Å². The van der Waals surface area contributed by atoms with Crippen LogP contribution in [0.4, 0.5) is 0 Å². The SMILES string of the molecule is CC[C@H]1O[C@H](c2ccccc2)[C@]2(C(=O)N([C@@H](C)c3ccccc3)[C@@H]2c2ccccc2)[C@@H]1O. The monoisotopic (exact) mass is 427 g/mol. The second-order valence-corrected chi connectivity index (χ2v) is 8.86. The minimum atomic E-state index is -1.05. The lowest BCUT2D eigenvalue weighted by Crippen LogP contribution is -2.69. The summed E-state index contributed by atoms with van der Waals surface area (Å²) in [6, 6.07) is 29.6. The number of nitrogens with zero attached hydrogens (tertiary/aromatic N) is 1. The van der Waals surface area contributed by atoms with Gasteiger partial charge in [0.05, 0.1) is 24.3 Å². The molecule has 2 fully saturated rings. The third-order valence-electron chi connectivity index (χ3n) is 7.24. The molecule has 0 bridgehead atoms. The van der Waals surface area contributed by atoms with E-state index >= 15 is 0 Å². The van der Waals surface area contributed by atoms with E-state index in [1.807, 2.05) is 78.6 Å². The van der Waals surface area contributed by atoms with Crippen LogP contribution in [0.2, 0.25) is 0 Å². The van der Waals surface area contributed by atoms with Gasteiger partial charge in [0.15, 0.2) is 0 Å². The van der Waals surface area contributed by atoms with Gasteiger partial charge in [-0.05, 0) is 30.0 Å². The molecular formula is C28H29NO3. The highest BCUT2D eigenvalue weighted by atomic mass is 16.5. The molecule has 32 heavy (non-hydrogen) atoms. The molecule has 2 aliphatic rings. The second-order valence-electron chi connectivity index (χ2n) is 8.86. The number of β-lactam (4-membered cyclic amide) rings is 1. The quantitative estimate of drug-likeness (QED) is 0.568. The summed E-state index contributed by atoms with van der Waals surface area (Å²) in [7, 11) is 0. The molecule has 0 saturated carbocycles. The number of carbonyl (C=O) groups is 1. The molecule has 1 spiro atoms. The Bertz CT molecular complexity index is 1070. The minimum Gasteiger partial charge on any atom is -0.389 e. The van der Waals surface area contributed by atoms with Gasteiger partial charge in [0.1, 0.15) is 11.5 Å². The maximum absolute atomic E-state index is 14.1. The molecule has 0 aliphatic carbocycles. The van der Waals surface area contributed by atoms with E-state index in [1.54, 1.807) is 0 Å². The first-order valence-electron chi connectivity index (χ1n) is 11.4. The van der Waals surface area contributed by atoms with Crippen molar-refractivity contribution in [1.29, 1.82) is 0 Å². The molecule has 0 aromatic heterocycles. The van der Waals surface area contributed by atoms with E-state index in [1.165, 1.54) is 0 Å². The Morgan fingerprint density at radius 1 is 0.906 bits per heavy atom. The normalized spacial score (nSPS) is 30.3. The predicted molar refractivity (Wildman–Crippen MR) is 124 cm³/mol. The number of likely N-dealkylation sites (tertiary alicyclic amines) is 1. The van der Waals surface area contributed by atoms with Crippen LogP contribution in [0.25, 0.3) is 0 Å². The Morgan fingerprint density at radius 3 is 2.00 bits per heavy atom. The lowest BCUT2D eigenvalue weighted by Gasteiger charge is -2.59. The first kappa shape index (κ1) is 20.9. The van der Waals surface area contributed by atoms with Crippen molar-refractivity contribution in [2.75, 3.05) is 0 Å². The van der Waals surface area contributed by atoms with Crippen molar-refractivity contribution < 1.29 is 14.6 Å². The van der Waals surface area contributed by atoms with Gasteiger partial charge in [-0.25, -0.2) is 0 Å². The highest BCUT2D eigenvalue weighted by molar-refractivity contribution is 5.93. The largest absolute Gasteiger partial charge is 0.389 e. The lowest BCUT2D eigenvalue weighted by molar-refractivity contribution is -0.199. The predicted octanol–water partition coefficient (Wildman–Crippen LogP) is 5.23. The highest BCUT2D eigenvalue weighted by Gasteiger charge is 2.74. The van der Waals surface area contributed by atoms with Crippen LogP contribution in [0.5, 0.6) is 0 Å². The van der Waals surface area contributed by atoms with Crippen LogP contribution in [-0.4, -0.2) is 28.1 Å². The molecule has 1 N–H and O–H groups in total. The van der Waals surface area contributed by atoms with Crippen molar-refractivity contribution in [3.05, 3.63) is 108 Å². The summed E-state index contributed by atoms with van der Waals surface area (Å²) < 4.78 is 6.43. The molecule has 6 atom stereocenters. The summed E-state index contributed by atoms with van der Waals surface area (Å²) in [5.74, 6) is -0.0417.